The molecular formula is C51H52N6O7. The van der Waals surface area contributed by atoms with E-state index in [2.05, 4.69) is 15.5 Å². The van der Waals surface area contributed by atoms with Crippen LogP contribution in [0.3, 0.4) is 0 Å². The number of hydrogen-bond donors (Lipinski definition) is 4. The van der Waals surface area contributed by atoms with Gasteiger partial charge < -0.3 is 35.4 Å². The van der Waals surface area contributed by atoms with Crippen molar-refractivity contribution in [1.82, 2.24) is 15.1 Å². The number of nitrogens with zero attached hydrogens (tertiary/aromatic N) is 4. The van der Waals surface area contributed by atoms with Crippen molar-refractivity contribution in [3.63, 3.8) is 0 Å². The molecule has 0 aromatic heterocycles. The summed E-state index contributed by atoms with van der Waals surface area (Å²) in [4.78, 5) is 58.0. The van der Waals surface area contributed by atoms with E-state index in [0.717, 1.165) is 26.7 Å². The standard InChI is InChI=1S/C51H52N6O7/c1-54(49(60)40-17-12-18-41(35-40)53-48(59)27-30-52-36-37-23-25-42(58)26-24-37)33-34-55-31-28-43(29-32-55)64-51(63)57(47-22-11-9-20-45(47)39-15-6-3-7-16-39)56(50(61)62)46-21-10-8-19-44(46)38-13-4-2-5-14-38/h2-26,35,43,52,58H,27-34,36H2,1H3,(H,53,59)(H,61,62). The van der Waals surface area contributed by atoms with E-state index in [1.165, 1.54) is 0 Å². The van der Waals surface area contributed by atoms with Gasteiger partial charge in [0.15, 0.2) is 0 Å². The summed E-state index contributed by atoms with van der Waals surface area (Å²) < 4.78 is 6.20. The van der Waals surface area contributed by atoms with E-state index in [-0.39, 0.29) is 29.7 Å². The van der Waals surface area contributed by atoms with E-state index in [1.807, 2.05) is 97.1 Å². The number of benzene rings is 6. The normalized spacial score (nSPS) is 12.8. The summed E-state index contributed by atoms with van der Waals surface area (Å²) in [6.07, 6.45) is -1.39. The number of piperidine rings is 1. The molecule has 1 saturated heterocycles. The number of hydrogen-bond acceptors (Lipinski definition) is 8. The third-order valence-electron chi connectivity index (χ3n) is 11.1. The average Bonchev–Trinajstić information content (AvgIpc) is 3.32. The van der Waals surface area contributed by atoms with Crippen LogP contribution in [0.5, 0.6) is 5.75 Å². The number of phenols is 1. The van der Waals surface area contributed by atoms with Crippen molar-refractivity contribution in [2.45, 2.75) is 31.9 Å². The summed E-state index contributed by atoms with van der Waals surface area (Å²) in [5.41, 5.74) is 5.49. The molecule has 6 aromatic rings. The first-order chi connectivity index (χ1) is 31.1. The fourth-order valence-electron chi connectivity index (χ4n) is 7.68. The van der Waals surface area contributed by atoms with Crippen LogP contribution in [0.1, 0.15) is 35.2 Å². The molecule has 7 rings (SSSR count). The molecule has 0 spiro atoms. The maximum atomic E-state index is 14.6. The Labute approximate surface area is 373 Å². The highest BCUT2D eigenvalue weighted by molar-refractivity contribution is 6.06. The Morgan fingerprint density at radius 2 is 1.28 bits per heavy atom. The lowest BCUT2D eigenvalue weighted by molar-refractivity contribution is -0.116. The quantitative estimate of drug-likeness (QED) is 0.0585. The Morgan fingerprint density at radius 3 is 1.89 bits per heavy atom. The molecule has 0 unspecified atom stereocenters. The Hall–Kier alpha value is -7.48. The summed E-state index contributed by atoms with van der Waals surface area (Å²) in [7, 11) is 1.74. The van der Waals surface area contributed by atoms with Crippen LogP contribution in [0, 0.1) is 0 Å². The molecule has 13 nitrogen and oxygen atoms in total. The van der Waals surface area contributed by atoms with Crippen molar-refractivity contribution in [3.05, 3.63) is 169 Å². The molecule has 1 fully saturated rings. The van der Waals surface area contributed by atoms with E-state index in [4.69, 9.17) is 4.74 Å². The van der Waals surface area contributed by atoms with Gasteiger partial charge in [0.1, 0.15) is 11.9 Å². The second kappa shape index (κ2) is 21.5. The van der Waals surface area contributed by atoms with Crippen LogP contribution in [0.25, 0.3) is 22.3 Å². The van der Waals surface area contributed by atoms with Gasteiger partial charge in [-0.2, -0.15) is 10.0 Å². The smallest absolute Gasteiger partial charge is 0.434 e. The summed E-state index contributed by atoms with van der Waals surface area (Å²) in [5, 5.41) is 28.6. The minimum absolute atomic E-state index is 0.178. The second-order valence-corrected chi connectivity index (χ2v) is 15.5. The molecular weight excluding hydrogens is 809 g/mol. The van der Waals surface area contributed by atoms with Gasteiger partial charge >= 0.3 is 12.2 Å². The zero-order chi connectivity index (χ0) is 44.8. The van der Waals surface area contributed by atoms with Gasteiger partial charge in [0.05, 0.1) is 11.4 Å². The first-order valence-electron chi connectivity index (χ1n) is 21.3. The van der Waals surface area contributed by atoms with Crippen LogP contribution >= 0.6 is 0 Å². The molecule has 64 heavy (non-hydrogen) atoms. The number of carbonyl (C=O) groups excluding carboxylic acids is 3. The molecule has 0 aliphatic carbocycles. The molecule has 328 valence electrons. The van der Waals surface area contributed by atoms with Gasteiger partial charge in [0.2, 0.25) is 5.91 Å². The van der Waals surface area contributed by atoms with Crippen molar-refractivity contribution in [3.8, 4) is 28.0 Å². The maximum absolute atomic E-state index is 14.6. The van der Waals surface area contributed by atoms with Gasteiger partial charge in [0, 0.05) is 75.1 Å². The molecule has 4 N–H and O–H groups in total. The SMILES string of the molecule is CN(CCN1CCC(OC(=O)N(c2ccccc2-c2ccccc2)N(C(=O)O)c2ccccc2-c2ccccc2)CC1)C(=O)c1cccc(NC(=O)CCNCc2ccc(O)cc2)c1. The van der Waals surface area contributed by atoms with Crippen LogP contribution in [-0.4, -0.2) is 89.9 Å². The number of likely N-dealkylation sites (N-methyl/N-ethyl adjacent to an activating group) is 1. The highest BCUT2D eigenvalue weighted by Crippen LogP contribution is 2.38. The predicted octanol–water partition coefficient (Wildman–Crippen LogP) is 9.12. The fourth-order valence-corrected chi connectivity index (χ4v) is 7.68. The second-order valence-electron chi connectivity index (χ2n) is 15.5. The Balaban J connectivity index is 0.966. The number of carboxylic acid groups (broad SMARTS) is 1. The molecule has 0 saturated carbocycles. The van der Waals surface area contributed by atoms with Crippen molar-refractivity contribution >= 4 is 41.1 Å². The number of phenolic OH excluding ortho intramolecular Hbond substituents is 1. The van der Waals surface area contributed by atoms with Crippen LogP contribution in [0.15, 0.2) is 158 Å². The molecule has 0 radical (unpaired) electrons. The molecule has 13 heteroatoms. The van der Waals surface area contributed by atoms with E-state index in [0.29, 0.717) is 80.2 Å². The molecule has 6 aromatic carbocycles. The molecule has 1 aliphatic rings. The van der Waals surface area contributed by atoms with E-state index >= 15 is 0 Å². The van der Waals surface area contributed by atoms with Crippen molar-refractivity contribution in [1.29, 1.82) is 0 Å². The number of amides is 4. The largest absolute Gasteiger partial charge is 0.508 e. The van der Waals surface area contributed by atoms with Gasteiger partial charge in [-0.05, 0) is 72.0 Å². The number of nitrogens with one attached hydrogen (secondary N) is 2. The summed E-state index contributed by atoms with van der Waals surface area (Å²) >= 11 is 0. The van der Waals surface area contributed by atoms with E-state index < -0.39 is 18.3 Å². The molecule has 1 aliphatic heterocycles. The monoisotopic (exact) mass is 860 g/mol. The zero-order valence-corrected chi connectivity index (χ0v) is 35.7. The minimum atomic E-state index is -1.36. The van der Waals surface area contributed by atoms with Gasteiger partial charge in [-0.25, -0.2) is 9.59 Å². The highest BCUT2D eigenvalue weighted by atomic mass is 16.6. The van der Waals surface area contributed by atoms with Gasteiger partial charge in [-0.1, -0.05) is 115 Å². The lowest BCUT2D eigenvalue weighted by Crippen LogP contribution is -2.52. The third-order valence-corrected chi connectivity index (χ3v) is 11.1. The van der Waals surface area contributed by atoms with Crippen LogP contribution in [-0.2, 0) is 16.1 Å². The van der Waals surface area contributed by atoms with Crippen molar-refractivity contribution < 1.29 is 34.1 Å². The number of para-hydroxylation sites is 2. The zero-order valence-electron chi connectivity index (χ0n) is 35.7. The van der Waals surface area contributed by atoms with Crippen molar-refractivity contribution in [2.24, 2.45) is 0 Å². The van der Waals surface area contributed by atoms with Crippen molar-refractivity contribution in [2.75, 3.05) is 55.1 Å². The summed E-state index contributed by atoms with van der Waals surface area (Å²) in [5.74, 6) is -0.152. The van der Waals surface area contributed by atoms with E-state index in [9.17, 15) is 29.4 Å². The van der Waals surface area contributed by atoms with E-state index in [1.54, 1.807) is 72.6 Å². The fraction of sp³-hybridized carbons (Fsp3) is 0.216. The van der Waals surface area contributed by atoms with Gasteiger partial charge in [-0.3, -0.25) is 9.59 Å². The van der Waals surface area contributed by atoms with Gasteiger partial charge in [-0.15, -0.1) is 0 Å². The number of ether oxygens (including phenoxy) is 1. The Kier molecular flexibility index (Phi) is 15.0. The van der Waals surface area contributed by atoms with Crippen LogP contribution in [0.4, 0.5) is 26.7 Å². The van der Waals surface area contributed by atoms with Crippen LogP contribution in [0.2, 0.25) is 0 Å². The molecule has 0 atom stereocenters. The lowest BCUT2D eigenvalue weighted by atomic mass is 10.0. The van der Waals surface area contributed by atoms with Crippen LogP contribution < -0.4 is 20.7 Å². The minimum Gasteiger partial charge on any atom is -0.508 e. The molecule has 0 bridgehead atoms. The topological polar surface area (TPSA) is 155 Å². The first-order valence-corrected chi connectivity index (χ1v) is 21.3. The third kappa shape index (κ3) is 11.5. The Morgan fingerprint density at radius 1 is 0.703 bits per heavy atom. The summed E-state index contributed by atoms with van der Waals surface area (Å²) in [6, 6.07) is 47.0. The number of anilines is 3. The molecule has 4 amide bonds. The first kappa shape index (κ1) is 44.6. The Bertz CT molecular complexity index is 2510. The summed E-state index contributed by atoms with van der Waals surface area (Å²) in [6.45, 7) is 3.28. The number of hydrazine groups is 1. The molecule has 1 heterocycles. The highest BCUT2D eigenvalue weighted by Gasteiger charge is 2.36. The number of aromatic hydroxyl groups is 1. The number of carbonyl (C=O) groups is 4. The van der Waals surface area contributed by atoms with Gasteiger partial charge in [0.25, 0.3) is 5.91 Å². The average molecular weight is 861 g/mol. The number of likely N-dealkylation sites (tertiary alicyclic amines) is 1. The predicted molar refractivity (Wildman–Crippen MR) is 249 cm³/mol. The maximum Gasteiger partial charge on any atom is 0.434 e. The number of rotatable bonds is 15. The lowest BCUT2D eigenvalue weighted by Gasteiger charge is -2.37.